The van der Waals surface area contributed by atoms with Crippen molar-refractivity contribution in [3.05, 3.63) is 77.4 Å². The Morgan fingerprint density at radius 3 is 2.38 bits per heavy atom. The number of carbonyl (C=O) groups excluding carboxylic acids is 1. The molecular formula is C22H25NO. The SMILES string of the molecule is O=C(/C=C/c1ccccc1)c1ccc(CCCN2CCCC2)cc1. The van der Waals surface area contributed by atoms with E-state index in [1.54, 1.807) is 6.08 Å². The predicted octanol–water partition coefficient (Wildman–Crippen LogP) is 4.61. The minimum atomic E-state index is 0.0578. The second-order valence-electron chi connectivity index (χ2n) is 6.46. The molecule has 24 heavy (non-hydrogen) atoms. The fraction of sp³-hybridized carbons (Fsp3) is 0.318. The number of ketones is 1. The summed E-state index contributed by atoms with van der Waals surface area (Å²) in [6.07, 6.45) is 8.51. The van der Waals surface area contributed by atoms with Gasteiger partial charge in [0.2, 0.25) is 0 Å². The molecule has 3 rings (SSSR count). The van der Waals surface area contributed by atoms with Crippen LogP contribution in [-0.2, 0) is 6.42 Å². The van der Waals surface area contributed by atoms with E-state index in [1.807, 2.05) is 48.5 Å². The van der Waals surface area contributed by atoms with Crippen LogP contribution in [0, 0.1) is 0 Å². The van der Waals surface area contributed by atoms with Crippen molar-refractivity contribution < 1.29 is 4.79 Å². The van der Waals surface area contributed by atoms with Gasteiger partial charge < -0.3 is 4.90 Å². The molecule has 1 heterocycles. The fourth-order valence-corrected chi connectivity index (χ4v) is 3.18. The first-order valence-corrected chi connectivity index (χ1v) is 8.90. The topological polar surface area (TPSA) is 20.3 Å². The van der Waals surface area contributed by atoms with Gasteiger partial charge in [-0.1, -0.05) is 60.7 Å². The summed E-state index contributed by atoms with van der Waals surface area (Å²) in [5, 5.41) is 0. The van der Waals surface area contributed by atoms with Crippen LogP contribution in [0.3, 0.4) is 0 Å². The Labute approximate surface area is 144 Å². The summed E-state index contributed by atoms with van der Waals surface area (Å²) in [7, 11) is 0. The molecule has 0 atom stereocenters. The van der Waals surface area contributed by atoms with E-state index in [4.69, 9.17) is 0 Å². The van der Waals surface area contributed by atoms with Crippen molar-refractivity contribution in [2.45, 2.75) is 25.7 Å². The number of nitrogens with zero attached hydrogens (tertiary/aromatic N) is 1. The third-order valence-electron chi connectivity index (χ3n) is 4.60. The number of likely N-dealkylation sites (tertiary alicyclic amines) is 1. The summed E-state index contributed by atoms with van der Waals surface area (Å²) in [6, 6.07) is 18.0. The molecule has 0 N–H and O–H groups in total. The van der Waals surface area contributed by atoms with E-state index in [0.29, 0.717) is 0 Å². The van der Waals surface area contributed by atoms with Crippen molar-refractivity contribution in [1.82, 2.24) is 4.90 Å². The quantitative estimate of drug-likeness (QED) is 0.548. The molecule has 2 nitrogen and oxygen atoms in total. The van der Waals surface area contributed by atoms with Crippen molar-refractivity contribution in [2.75, 3.05) is 19.6 Å². The lowest BCUT2D eigenvalue weighted by atomic mass is 10.0. The smallest absolute Gasteiger partial charge is 0.185 e. The van der Waals surface area contributed by atoms with Crippen LogP contribution >= 0.6 is 0 Å². The molecule has 0 saturated carbocycles. The van der Waals surface area contributed by atoms with E-state index in [1.165, 1.54) is 44.5 Å². The molecule has 1 fully saturated rings. The van der Waals surface area contributed by atoms with Crippen LogP contribution in [0.25, 0.3) is 6.08 Å². The van der Waals surface area contributed by atoms with Crippen LogP contribution in [0.4, 0.5) is 0 Å². The number of allylic oxidation sites excluding steroid dienone is 1. The maximum absolute atomic E-state index is 12.2. The Hall–Kier alpha value is -2.19. The largest absolute Gasteiger partial charge is 0.303 e. The van der Waals surface area contributed by atoms with Crippen molar-refractivity contribution in [3.63, 3.8) is 0 Å². The monoisotopic (exact) mass is 319 g/mol. The van der Waals surface area contributed by atoms with Gasteiger partial charge in [0.05, 0.1) is 0 Å². The molecule has 124 valence electrons. The van der Waals surface area contributed by atoms with Crippen LogP contribution in [-0.4, -0.2) is 30.3 Å². The van der Waals surface area contributed by atoms with Crippen molar-refractivity contribution >= 4 is 11.9 Å². The molecule has 1 aliphatic rings. The molecule has 2 aromatic rings. The minimum absolute atomic E-state index is 0.0578. The van der Waals surface area contributed by atoms with E-state index in [2.05, 4.69) is 17.0 Å². The summed E-state index contributed by atoms with van der Waals surface area (Å²) in [6.45, 7) is 3.73. The number of benzene rings is 2. The van der Waals surface area contributed by atoms with Crippen molar-refractivity contribution in [2.24, 2.45) is 0 Å². The predicted molar refractivity (Wildman–Crippen MR) is 100 cm³/mol. The number of carbonyl (C=O) groups is 1. The highest BCUT2D eigenvalue weighted by atomic mass is 16.1. The molecule has 0 amide bonds. The zero-order valence-corrected chi connectivity index (χ0v) is 14.2. The molecular weight excluding hydrogens is 294 g/mol. The number of aryl methyl sites for hydroxylation is 1. The second kappa shape index (κ2) is 8.60. The maximum Gasteiger partial charge on any atom is 0.185 e. The lowest BCUT2D eigenvalue weighted by Gasteiger charge is -2.13. The second-order valence-corrected chi connectivity index (χ2v) is 6.46. The molecule has 2 heteroatoms. The van der Waals surface area contributed by atoms with Gasteiger partial charge in [0, 0.05) is 5.56 Å². The average molecular weight is 319 g/mol. The van der Waals surface area contributed by atoms with Crippen LogP contribution < -0.4 is 0 Å². The standard InChI is InChI=1S/C22H25NO/c24-22(15-12-19-7-2-1-3-8-19)21-13-10-20(11-14-21)9-6-18-23-16-4-5-17-23/h1-3,7-8,10-15H,4-6,9,16-18H2/b15-12+. The first-order chi connectivity index (χ1) is 11.8. The fourth-order valence-electron chi connectivity index (χ4n) is 3.18. The first kappa shape index (κ1) is 16.7. The normalized spacial score (nSPS) is 15.2. The number of hydrogen-bond donors (Lipinski definition) is 0. The van der Waals surface area contributed by atoms with Gasteiger partial charge in [-0.05, 0) is 62.5 Å². The van der Waals surface area contributed by atoms with E-state index in [9.17, 15) is 4.79 Å². The van der Waals surface area contributed by atoms with Crippen LogP contribution in [0.2, 0.25) is 0 Å². The molecule has 0 bridgehead atoms. The maximum atomic E-state index is 12.2. The van der Waals surface area contributed by atoms with E-state index >= 15 is 0 Å². The Bertz CT molecular complexity index is 667. The Morgan fingerprint density at radius 2 is 1.67 bits per heavy atom. The Balaban J connectivity index is 1.50. The van der Waals surface area contributed by atoms with Gasteiger partial charge in [-0.3, -0.25) is 4.79 Å². The molecule has 2 aromatic carbocycles. The molecule has 0 unspecified atom stereocenters. The summed E-state index contributed by atoms with van der Waals surface area (Å²) >= 11 is 0. The highest BCUT2D eigenvalue weighted by Crippen LogP contribution is 2.12. The average Bonchev–Trinajstić information content (AvgIpc) is 3.15. The van der Waals surface area contributed by atoms with Crippen LogP contribution in [0.1, 0.15) is 40.7 Å². The van der Waals surface area contributed by atoms with E-state index in [0.717, 1.165) is 17.5 Å². The van der Waals surface area contributed by atoms with Gasteiger partial charge in [0.15, 0.2) is 5.78 Å². The van der Waals surface area contributed by atoms with E-state index < -0.39 is 0 Å². The third-order valence-corrected chi connectivity index (χ3v) is 4.60. The van der Waals surface area contributed by atoms with Gasteiger partial charge in [-0.2, -0.15) is 0 Å². The van der Waals surface area contributed by atoms with Crippen molar-refractivity contribution in [1.29, 1.82) is 0 Å². The van der Waals surface area contributed by atoms with Gasteiger partial charge >= 0.3 is 0 Å². The van der Waals surface area contributed by atoms with Crippen LogP contribution in [0.15, 0.2) is 60.7 Å². The molecule has 0 aromatic heterocycles. The molecule has 0 radical (unpaired) electrons. The highest BCUT2D eigenvalue weighted by molar-refractivity contribution is 6.06. The zero-order valence-electron chi connectivity index (χ0n) is 14.2. The Morgan fingerprint density at radius 1 is 0.958 bits per heavy atom. The molecule has 0 spiro atoms. The summed E-state index contributed by atoms with van der Waals surface area (Å²) in [5.41, 5.74) is 3.12. The minimum Gasteiger partial charge on any atom is -0.303 e. The summed E-state index contributed by atoms with van der Waals surface area (Å²) in [4.78, 5) is 14.8. The third kappa shape index (κ3) is 4.90. The number of rotatable bonds is 7. The molecule has 0 aliphatic carbocycles. The van der Waals surface area contributed by atoms with Crippen LogP contribution in [0.5, 0.6) is 0 Å². The van der Waals surface area contributed by atoms with Crippen molar-refractivity contribution in [3.8, 4) is 0 Å². The lowest BCUT2D eigenvalue weighted by Crippen LogP contribution is -2.20. The number of hydrogen-bond acceptors (Lipinski definition) is 2. The van der Waals surface area contributed by atoms with E-state index in [-0.39, 0.29) is 5.78 Å². The zero-order chi connectivity index (χ0) is 16.6. The van der Waals surface area contributed by atoms with Gasteiger partial charge in [0.1, 0.15) is 0 Å². The summed E-state index contributed by atoms with van der Waals surface area (Å²) in [5.74, 6) is 0.0578. The lowest BCUT2D eigenvalue weighted by molar-refractivity contribution is 0.104. The molecule has 1 aliphatic heterocycles. The highest BCUT2D eigenvalue weighted by Gasteiger charge is 2.10. The first-order valence-electron chi connectivity index (χ1n) is 8.90. The molecule has 1 saturated heterocycles. The Kier molecular flexibility index (Phi) is 5.97. The van der Waals surface area contributed by atoms with Gasteiger partial charge in [-0.25, -0.2) is 0 Å². The van der Waals surface area contributed by atoms with Gasteiger partial charge in [0.25, 0.3) is 0 Å². The summed E-state index contributed by atoms with van der Waals surface area (Å²) < 4.78 is 0. The van der Waals surface area contributed by atoms with Gasteiger partial charge in [-0.15, -0.1) is 0 Å².